The summed E-state index contributed by atoms with van der Waals surface area (Å²) in [5.41, 5.74) is 4.96. The van der Waals surface area contributed by atoms with Gasteiger partial charge in [0.25, 0.3) is 5.69 Å². The minimum absolute atomic E-state index is 0.0201. The van der Waals surface area contributed by atoms with Gasteiger partial charge >= 0.3 is 10.1 Å². The first-order valence-corrected chi connectivity index (χ1v) is 6.19. The van der Waals surface area contributed by atoms with Gasteiger partial charge in [-0.15, -0.1) is 0 Å². The number of hydrogen-bond donors (Lipinski definition) is 2. The molecule has 2 aromatic rings. The number of hydrogen-bond acceptors (Lipinski definition) is 5. The van der Waals surface area contributed by atoms with Gasteiger partial charge in [-0.05, 0) is 0 Å². The van der Waals surface area contributed by atoms with Crippen LogP contribution in [0.2, 0.25) is 0 Å². The molecule has 3 N–H and O–H groups in total. The SMILES string of the molecule is Nc1cc([N+](=O)[O-])c(S(=O)(=O)O)c2ccccc12. The molecule has 0 aliphatic rings. The maximum Gasteiger partial charge on any atom is 0.302 e. The van der Waals surface area contributed by atoms with Crippen LogP contribution in [0.25, 0.3) is 10.8 Å². The molecule has 2 rings (SSSR count). The van der Waals surface area contributed by atoms with Crippen molar-refractivity contribution >= 4 is 32.3 Å². The second-order valence-electron chi connectivity index (χ2n) is 3.59. The first-order valence-electron chi connectivity index (χ1n) is 4.75. The van der Waals surface area contributed by atoms with Crippen molar-refractivity contribution in [2.24, 2.45) is 0 Å². The number of fused-ring (bicyclic) bond motifs is 1. The lowest BCUT2D eigenvalue weighted by Crippen LogP contribution is -2.05. The van der Waals surface area contributed by atoms with Crippen LogP contribution in [0.3, 0.4) is 0 Å². The van der Waals surface area contributed by atoms with Crippen LogP contribution in [-0.4, -0.2) is 17.9 Å². The van der Waals surface area contributed by atoms with Crippen molar-refractivity contribution in [3.8, 4) is 0 Å². The van der Waals surface area contributed by atoms with Crippen LogP contribution in [-0.2, 0) is 10.1 Å². The van der Waals surface area contributed by atoms with Gasteiger partial charge in [-0.2, -0.15) is 8.42 Å². The Balaban J connectivity index is 3.08. The second-order valence-corrected chi connectivity index (χ2v) is 4.95. The van der Waals surface area contributed by atoms with Crippen LogP contribution in [0.15, 0.2) is 35.2 Å². The highest BCUT2D eigenvalue weighted by atomic mass is 32.2. The van der Waals surface area contributed by atoms with Crippen molar-refractivity contribution in [3.05, 3.63) is 40.4 Å². The molecule has 0 spiro atoms. The van der Waals surface area contributed by atoms with Gasteiger partial charge in [0, 0.05) is 22.5 Å². The number of nitrogens with two attached hydrogens (primary N) is 1. The molecule has 0 radical (unpaired) electrons. The Morgan fingerprint density at radius 3 is 2.28 bits per heavy atom. The van der Waals surface area contributed by atoms with E-state index in [9.17, 15) is 18.5 Å². The number of benzene rings is 2. The highest BCUT2D eigenvalue weighted by molar-refractivity contribution is 7.86. The van der Waals surface area contributed by atoms with Crippen molar-refractivity contribution in [1.29, 1.82) is 0 Å². The van der Waals surface area contributed by atoms with E-state index in [1.165, 1.54) is 18.2 Å². The van der Waals surface area contributed by atoms with Gasteiger partial charge in [0.15, 0.2) is 4.90 Å². The summed E-state index contributed by atoms with van der Waals surface area (Å²) in [6.07, 6.45) is 0. The molecule has 7 nitrogen and oxygen atoms in total. The molecule has 0 amide bonds. The maximum atomic E-state index is 11.3. The van der Waals surface area contributed by atoms with E-state index in [0.29, 0.717) is 5.39 Å². The first kappa shape index (κ1) is 12.3. The molecule has 0 bridgehead atoms. The summed E-state index contributed by atoms with van der Waals surface area (Å²) in [6, 6.07) is 6.90. The minimum Gasteiger partial charge on any atom is -0.398 e. The summed E-state index contributed by atoms with van der Waals surface area (Å²) in [5.74, 6) is 0. The average molecular weight is 268 g/mol. The predicted molar refractivity (Wildman–Crippen MR) is 64.8 cm³/mol. The van der Waals surface area contributed by atoms with E-state index < -0.39 is 25.6 Å². The van der Waals surface area contributed by atoms with E-state index in [0.717, 1.165) is 6.07 Å². The Morgan fingerprint density at radius 1 is 1.22 bits per heavy atom. The van der Waals surface area contributed by atoms with E-state index in [1.807, 2.05) is 0 Å². The molecule has 0 atom stereocenters. The molecule has 0 saturated heterocycles. The molecule has 0 aliphatic carbocycles. The quantitative estimate of drug-likeness (QED) is 0.369. The number of nitro groups is 1. The van der Waals surface area contributed by atoms with Gasteiger partial charge in [-0.25, -0.2) is 0 Å². The van der Waals surface area contributed by atoms with Gasteiger partial charge in [0.1, 0.15) is 0 Å². The summed E-state index contributed by atoms with van der Waals surface area (Å²) in [5, 5.41) is 11.2. The highest BCUT2D eigenvalue weighted by Crippen LogP contribution is 2.35. The Hall–Kier alpha value is -2.19. The largest absolute Gasteiger partial charge is 0.398 e. The molecule has 2 aromatic carbocycles. The standard InChI is InChI=1S/C10H8N2O5S/c11-8-5-9(12(13)14)10(18(15,16)17)7-4-2-1-3-6(7)8/h1-5H,11H2,(H,15,16,17). The number of nitrogens with zero attached hydrogens (tertiary/aromatic N) is 1. The molecule has 0 aliphatic heterocycles. The third kappa shape index (κ3) is 1.87. The van der Waals surface area contributed by atoms with Gasteiger partial charge in [0.2, 0.25) is 0 Å². The Kier molecular flexibility index (Phi) is 2.68. The fourth-order valence-corrected chi connectivity index (χ4v) is 2.62. The number of anilines is 1. The zero-order chi connectivity index (χ0) is 13.5. The van der Waals surface area contributed by atoms with E-state index >= 15 is 0 Å². The summed E-state index contributed by atoms with van der Waals surface area (Å²) >= 11 is 0. The van der Waals surface area contributed by atoms with E-state index in [2.05, 4.69) is 0 Å². The summed E-state index contributed by atoms with van der Waals surface area (Å²) < 4.78 is 31.7. The lowest BCUT2D eigenvalue weighted by molar-refractivity contribution is -0.387. The van der Waals surface area contributed by atoms with Gasteiger partial charge in [-0.1, -0.05) is 24.3 Å². The van der Waals surface area contributed by atoms with Gasteiger partial charge in [0.05, 0.1) is 4.92 Å². The topological polar surface area (TPSA) is 124 Å². The van der Waals surface area contributed by atoms with Crippen LogP contribution in [0.5, 0.6) is 0 Å². The zero-order valence-corrected chi connectivity index (χ0v) is 9.72. The predicted octanol–water partition coefficient (Wildman–Crippen LogP) is 1.58. The molecule has 94 valence electrons. The van der Waals surface area contributed by atoms with E-state index in [-0.39, 0.29) is 11.1 Å². The lowest BCUT2D eigenvalue weighted by atomic mass is 10.1. The summed E-state index contributed by atoms with van der Waals surface area (Å²) in [6.45, 7) is 0. The van der Waals surface area contributed by atoms with Crippen molar-refractivity contribution in [2.75, 3.05) is 5.73 Å². The lowest BCUT2D eigenvalue weighted by Gasteiger charge is -2.07. The molecule has 0 saturated carbocycles. The second kappa shape index (κ2) is 3.93. The van der Waals surface area contributed by atoms with Crippen LogP contribution in [0.4, 0.5) is 11.4 Å². The smallest absolute Gasteiger partial charge is 0.302 e. The molecule has 8 heteroatoms. The minimum atomic E-state index is -4.72. The van der Waals surface area contributed by atoms with E-state index in [4.69, 9.17) is 10.3 Å². The maximum absolute atomic E-state index is 11.3. The molecular weight excluding hydrogens is 260 g/mol. The van der Waals surface area contributed by atoms with Gasteiger partial charge in [-0.3, -0.25) is 14.7 Å². The van der Waals surface area contributed by atoms with Crippen molar-refractivity contribution in [3.63, 3.8) is 0 Å². The number of rotatable bonds is 2. The fourth-order valence-electron chi connectivity index (χ4n) is 1.77. The number of nitro benzene ring substituents is 1. The fraction of sp³-hybridized carbons (Fsp3) is 0. The normalized spacial score (nSPS) is 11.6. The molecule has 18 heavy (non-hydrogen) atoms. The molecular formula is C10H8N2O5S. The third-order valence-corrected chi connectivity index (χ3v) is 3.41. The molecule has 0 unspecified atom stereocenters. The average Bonchev–Trinajstić information content (AvgIpc) is 2.27. The summed E-state index contributed by atoms with van der Waals surface area (Å²) in [4.78, 5) is 9.20. The van der Waals surface area contributed by atoms with Crippen LogP contribution < -0.4 is 5.73 Å². The highest BCUT2D eigenvalue weighted by Gasteiger charge is 2.28. The Bertz CT molecular complexity index is 754. The van der Waals surface area contributed by atoms with Crippen molar-refractivity contribution in [1.82, 2.24) is 0 Å². The van der Waals surface area contributed by atoms with Crippen LogP contribution >= 0.6 is 0 Å². The monoisotopic (exact) mass is 268 g/mol. The molecule has 0 heterocycles. The van der Waals surface area contributed by atoms with Crippen molar-refractivity contribution in [2.45, 2.75) is 4.90 Å². The van der Waals surface area contributed by atoms with Crippen LogP contribution in [0, 0.1) is 10.1 Å². The molecule has 0 fully saturated rings. The first-order chi connectivity index (χ1) is 8.32. The Labute approximate surface area is 102 Å². The van der Waals surface area contributed by atoms with E-state index in [1.54, 1.807) is 6.07 Å². The number of nitrogen functional groups attached to an aromatic ring is 1. The zero-order valence-electron chi connectivity index (χ0n) is 8.90. The third-order valence-electron chi connectivity index (χ3n) is 2.46. The van der Waals surface area contributed by atoms with Crippen molar-refractivity contribution < 1.29 is 17.9 Å². The van der Waals surface area contributed by atoms with Crippen LogP contribution in [0.1, 0.15) is 0 Å². The Morgan fingerprint density at radius 2 is 1.78 bits per heavy atom. The molecule has 0 aromatic heterocycles. The van der Waals surface area contributed by atoms with Gasteiger partial charge < -0.3 is 5.73 Å². The summed E-state index contributed by atoms with van der Waals surface area (Å²) in [7, 11) is -4.72.